The number of aromatic nitrogens is 1. The van der Waals surface area contributed by atoms with E-state index in [1.165, 1.54) is 11.1 Å². The minimum Gasteiger partial charge on any atom is -0.393 e. The molecular weight excluding hydrogens is 385 g/mol. The number of pyridine rings is 1. The molecule has 1 saturated heterocycles. The van der Waals surface area contributed by atoms with Crippen LogP contribution in [0.25, 0.3) is 0 Å². The van der Waals surface area contributed by atoms with Gasteiger partial charge in [0, 0.05) is 25.6 Å². The van der Waals surface area contributed by atoms with Crippen LogP contribution in [0, 0.1) is 12.7 Å². The van der Waals surface area contributed by atoms with Crippen LogP contribution in [-0.4, -0.2) is 45.0 Å². The van der Waals surface area contributed by atoms with E-state index in [1.807, 2.05) is 31.2 Å². The van der Waals surface area contributed by atoms with E-state index in [1.54, 1.807) is 0 Å². The van der Waals surface area contributed by atoms with Crippen LogP contribution >= 0.6 is 11.6 Å². The molecule has 1 spiro atoms. The van der Waals surface area contributed by atoms with Gasteiger partial charge in [-0.15, -0.1) is 0 Å². The number of aryl methyl sites for hydroxylation is 1. The van der Waals surface area contributed by atoms with Gasteiger partial charge in [0.2, 0.25) is 5.91 Å². The fourth-order valence-corrected chi connectivity index (χ4v) is 4.05. The first-order valence-electron chi connectivity index (χ1n) is 8.97. The molecule has 0 bridgehead atoms. The monoisotopic (exact) mass is 403 g/mol. The third-order valence-electron chi connectivity index (χ3n) is 5.41. The smallest absolute Gasteiger partial charge is 0.254 e. The molecule has 1 aromatic heterocycles. The Morgan fingerprint density at radius 3 is 2.57 bits per heavy atom. The van der Waals surface area contributed by atoms with Crippen LogP contribution in [0.4, 0.5) is 10.2 Å². The first kappa shape index (κ1) is 18.8. The summed E-state index contributed by atoms with van der Waals surface area (Å²) in [6.07, 6.45) is 0.795. The van der Waals surface area contributed by atoms with Crippen molar-refractivity contribution in [2.45, 2.75) is 38.0 Å². The molecule has 2 heterocycles. The highest BCUT2D eigenvalue weighted by Gasteiger charge is 2.60. The van der Waals surface area contributed by atoms with E-state index in [0.717, 1.165) is 22.1 Å². The van der Waals surface area contributed by atoms with Crippen LogP contribution in [0.3, 0.4) is 0 Å². The van der Waals surface area contributed by atoms with E-state index in [4.69, 9.17) is 11.6 Å². The van der Waals surface area contributed by atoms with Crippen molar-refractivity contribution in [1.82, 2.24) is 9.88 Å². The average Bonchev–Trinajstić information content (AvgIpc) is 2.62. The van der Waals surface area contributed by atoms with Crippen LogP contribution in [0.5, 0.6) is 0 Å². The summed E-state index contributed by atoms with van der Waals surface area (Å²) in [7, 11) is 0. The molecule has 8 heteroatoms. The van der Waals surface area contributed by atoms with Crippen LogP contribution in [0.15, 0.2) is 36.5 Å². The lowest BCUT2D eigenvalue weighted by Gasteiger charge is -2.55. The summed E-state index contributed by atoms with van der Waals surface area (Å²) in [4.78, 5) is 32.7. The minimum atomic E-state index is -1.19. The van der Waals surface area contributed by atoms with Gasteiger partial charge in [-0.2, -0.15) is 0 Å². The van der Waals surface area contributed by atoms with Gasteiger partial charge in [0.15, 0.2) is 11.6 Å². The van der Waals surface area contributed by atoms with Crippen molar-refractivity contribution in [3.63, 3.8) is 0 Å². The standard InChI is InChI=1S/C20H19ClFN3O3/c1-12-2-4-13(5-3-12)10-25-17(27)11-24(18-16(22)6-14(21)9-23-18)19(28)20(25)7-15(26)8-20/h2-6,9,15,26H,7-8,10-11H2,1H3/t15-,20+. The zero-order valence-electron chi connectivity index (χ0n) is 15.2. The molecule has 0 radical (unpaired) electrons. The number of carbonyl (C=O) groups excluding carboxylic acids is 2. The Bertz CT molecular complexity index is 944. The summed E-state index contributed by atoms with van der Waals surface area (Å²) in [6.45, 7) is 1.91. The summed E-state index contributed by atoms with van der Waals surface area (Å²) in [5.41, 5.74) is 0.790. The van der Waals surface area contributed by atoms with Gasteiger partial charge in [0.25, 0.3) is 5.91 Å². The Morgan fingerprint density at radius 1 is 1.29 bits per heavy atom. The Morgan fingerprint density at radius 2 is 1.96 bits per heavy atom. The highest BCUT2D eigenvalue weighted by atomic mass is 35.5. The van der Waals surface area contributed by atoms with Crippen molar-refractivity contribution >= 4 is 29.2 Å². The molecule has 28 heavy (non-hydrogen) atoms. The lowest BCUT2D eigenvalue weighted by atomic mass is 9.70. The van der Waals surface area contributed by atoms with E-state index in [-0.39, 0.29) is 42.7 Å². The predicted molar refractivity (Wildman–Crippen MR) is 101 cm³/mol. The number of anilines is 1. The number of aliphatic hydroxyl groups excluding tert-OH is 1. The highest BCUT2D eigenvalue weighted by molar-refractivity contribution is 6.30. The molecule has 1 aromatic carbocycles. The molecule has 146 valence electrons. The van der Waals surface area contributed by atoms with Gasteiger partial charge in [0.05, 0.1) is 11.1 Å². The molecule has 2 aromatic rings. The molecule has 1 N–H and O–H groups in total. The van der Waals surface area contributed by atoms with E-state index >= 15 is 0 Å². The van der Waals surface area contributed by atoms with Gasteiger partial charge in [-0.25, -0.2) is 9.37 Å². The van der Waals surface area contributed by atoms with Crippen LogP contribution in [0.2, 0.25) is 5.02 Å². The Labute approximate surface area is 166 Å². The van der Waals surface area contributed by atoms with Gasteiger partial charge in [-0.1, -0.05) is 41.4 Å². The van der Waals surface area contributed by atoms with Crippen molar-refractivity contribution in [3.05, 3.63) is 58.5 Å². The molecule has 0 unspecified atom stereocenters. The molecule has 2 aliphatic rings. The second kappa shape index (κ2) is 6.83. The largest absolute Gasteiger partial charge is 0.393 e. The topological polar surface area (TPSA) is 73.7 Å². The van der Waals surface area contributed by atoms with Crippen molar-refractivity contribution < 1.29 is 19.1 Å². The Kier molecular flexibility index (Phi) is 4.59. The van der Waals surface area contributed by atoms with Crippen LogP contribution in [0.1, 0.15) is 24.0 Å². The summed E-state index contributed by atoms with van der Waals surface area (Å²) in [5, 5.41) is 10.0. The highest BCUT2D eigenvalue weighted by Crippen LogP contribution is 2.43. The molecule has 6 nitrogen and oxygen atoms in total. The fourth-order valence-electron chi connectivity index (χ4n) is 3.91. The van der Waals surface area contributed by atoms with Gasteiger partial charge in [-0.3, -0.25) is 14.5 Å². The maximum Gasteiger partial charge on any atom is 0.254 e. The first-order valence-corrected chi connectivity index (χ1v) is 9.35. The lowest BCUT2D eigenvalue weighted by Crippen LogP contribution is -2.73. The molecule has 1 aliphatic carbocycles. The predicted octanol–water partition coefficient (Wildman–Crippen LogP) is 2.45. The number of nitrogens with zero attached hydrogens (tertiary/aromatic N) is 3. The Balaban J connectivity index is 1.68. The van der Waals surface area contributed by atoms with Crippen molar-refractivity contribution in [2.24, 2.45) is 0 Å². The number of hydrogen-bond donors (Lipinski definition) is 1. The summed E-state index contributed by atoms with van der Waals surface area (Å²) in [5.74, 6) is -1.74. The maximum atomic E-state index is 14.4. The third-order valence-corrected chi connectivity index (χ3v) is 5.61. The van der Waals surface area contributed by atoms with Gasteiger partial charge < -0.3 is 10.0 Å². The first-order chi connectivity index (χ1) is 13.3. The average molecular weight is 404 g/mol. The molecule has 2 fully saturated rings. The molecule has 1 aliphatic heterocycles. The maximum absolute atomic E-state index is 14.4. The van der Waals surface area contributed by atoms with E-state index in [0.29, 0.717) is 0 Å². The zero-order valence-corrected chi connectivity index (χ0v) is 16.0. The number of halogens is 2. The SMILES string of the molecule is Cc1ccc(CN2C(=O)CN(c3ncc(Cl)cc3F)C(=O)[C@]23C[C@H](O)C3)cc1. The molecule has 4 rings (SSSR count). The summed E-state index contributed by atoms with van der Waals surface area (Å²) >= 11 is 5.74. The molecular formula is C20H19ClFN3O3. The zero-order chi connectivity index (χ0) is 20.1. The number of hydrogen-bond acceptors (Lipinski definition) is 4. The van der Waals surface area contributed by atoms with Gasteiger partial charge >= 0.3 is 0 Å². The van der Waals surface area contributed by atoms with Crippen molar-refractivity contribution in [3.8, 4) is 0 Å². The number of carbonyl (C=O) groups is 2. The molecule has 1 saturated carbocycles. The lowest BCUT2D eigenvalue weighted by molar-refractivity contribution is -0.167. The molecule has 2 amide bonds. The normalized spacial score (nSPS) is 24.6. The Hall–Kier alpha value is -2.51. The van der Waals surface area contributed by atoms with Crippen molar-refractivity contribution in [1.29, 1.82) is 0 Å². The van der Waals surface area contributed by atoms with Crippen molar-refractivity contribution in [2.75, 3.05) is 11.4 Å². The van der Waals surface area contributed by atoms with Gasteiger partial charge in [0.1, 0.15) is 12.1 Å². The quantitative estimate of drug-likeness (QED) is 0.854. The number of aliphatic hydroxyl groups is 1. The number of rotatable bonds is 3. The van der Waals surface area contributed by atoms with Crippen LogP contribution in [-0.2, 0) is 16.1 Å². The van der Waals surface area contributed by atoms with E-state index < -0.39 is 23.4 Å². The van der Waals surface area contributed by atoms with Crippen LogP contribution < -0.4 is 4.90 Å². The van der Waals surface area contributed by atoms with E-state index in [9.17, 15) is 19.1 Å². The molecule has 0 atom stereocenters. The number of amides is 2. The second-order valence-electron chi connectivity index (χ2n) is 7.41. The number of benzene rings is 1. The fraction of sp³-hybridized carbons (Fsp3) is 0.350. The number of piperazine rings is 1. The van der Waals surface area contributed by atoms with Gasteiger partial charge in [-0.05, 0) is 18.6 Å². The summed E-state index contributed by atoms with van der Waals surface area (Å²) in [6, 6.07) is 8.74. The van der Waals surface area contributed by atoms with E-state index in [2.05, 4.69) is 4.98 Å². The third kappa shape index (κ3) is 3.04. The minimum absolute atomic E-state index is 0.104. The summed E-state index contributed by atoms with van der Waals surface area (Å²) < 4.78 is 14.4. The second-order valence-corrected chi connectivity index (χ2v) is 7.85.